The molecule has 2 fully saturated rings. The van der Waals surface area contributed by atoms with E-state index < -0.39 is 20.0 Å². The minimum absolute atomic E-state index is 0.0660. The van der Waals surface area contributed by atoms with Crippen LogP contribution in [0, 0.1) is 5.92 Å². The van der Waals surface area contributed by atoms with E-state index in [9.17, 15) is 21.6 Å². The summed E-state index contributed by atoms with van der Waals surface area (Å²) in [5.74, 6) is -0.351. The van der Waals surface area contributed by atoms with Crippen molar-refractivity contribution in [2.75, 3.05) is 37.2 Å². The summed E-state index contributed by atoms with van der Waals surface area (Å²) in [6, 6.07) is 6.22. The van der Waals surface area contributed by atoms with Crippen molar-refractivity contribution in [3.63, 3.8) is 0 Å². The third-order valence-electron chi connectivity index (χ3n) is 5.41. The Kier molecular flexibility index (Phi) is 6.43. The normalized spacial score (nSPS) is 20.3. The minimum atomic E-state index is -3.47. The van der Waals surface area contributed by atoms with Crippen LogP contribution in [0.5, 0.6) is 0 Å². The van der Waals surface area contributed by atoms with Gasteiger partial charge >= 0.3 is 0 Å². The van der Waals surface area contributed by atoms with Gasteiger partial charge in [-0.05, 0) is 56.9 Å². The number of carbonyl (C=O) groups excluding carboxylic acids is 1. The van der Waals surface area contributed by atoms with Gasteiger partial charge in [0.2, 0.25) is 26.0 Å². The highest BCUT2D eigenvalue weighted by molar-refractivity contribution is 7.89. The highest BCUT2D eigenvalue weighted by atomic mass is 32.2. The molecule has 0 aromatic heterocycles. The van der Waals surface area contributed by atoms with Gasteiger partial charge in [0.1, 0.15) is 0 Å². The second-order valence-electron chi connectivity index (χ2n) is 7.20. The molecule has 2 saturated heterocycles. The predicted octanol–water partition coefficient (Wildman–Crippen LogP) is 1.47. The second-order valence-corrected chi connectivity index (χ2v) is 11.4. The molecule has 10 heteroatoms. The van der Waals surface area contributed by atoms with E-state index in [-0.39, 0.29) is 22.5 Å². The number of benzene rings is 1. The topological polar surface area (TPSA) is 104 Å². The molecule has 0 bridgehead atoms. The van der Waals surface area contributed by atoms with Crippen LogP contribution >= 0.6 is 0 Å². The van der Waals surface area contributed by atoms with Crippen LogP contribution in [0.2, 0.25) is 0 Å². The van der Waals surface area contributed by atoms with Gasteiger partial charge in [-0.2, -0.15) is 4.31 Å². The number of rotatable bonds is 6. The Balaban J connectivity index is 1.58. The monoisotopic (exact) mass is 429 g/mol. The number of amides is 1. The van der Waals surface area contributed by atoms with E-state index >= 15 is 0 Å². The third kappa shape index (κ3) is 4.56. The summed E-state index contributed by atoms with van der Waals surface area (Å²) in [7, 11) is -6.68. The molecule has 156 valence electrons. The van der Waals surface area contributed by atoms with Gasteiger partial charge < -0.3 is 5.32 Å². The Morgan fingerprint density at radius 1 is 0.964 bits per heavy atom. The van der Waals surface area contributed by atoms with Crippen LogP contribution in [-0.2, 0) is 24.8 Å². The molecule has 1 aromatic carbocycles. The average Bonchev–Trinajstić information content (AvgIpc) is 3.24. The number of hydrogen-bond donors (Lipinski definition) is 1. The average molecular weight is 430 g/mol. The summed E-state index contributed by atoms with van der Waals surface area (Å²) in [4.78, 5) is 12.7. The van der Waals surface area contributed by atoms with Gasteiger partial charge in [0.05, 0.1) is 10.6 Å². The highest BCUT2D eigenvalue weighted by Gasteiger charge is 2.30. The van der Waals surface area contributed by atoms with E-state index in [1.165, 1.54) is 20.7 Å². The maximum atomic E-state index is 12.5. The molecule has 0 aliphatic carbocycles. The molecule has 0 saturated carbocycles. The number of anilines is 1. The lowest BCUT2D eigenvalue weighted by atomic mass is 9.97. The number of hydrogen-bond acceptors (Lipinski definition) is 5. The molecule has 0 spiro atoms. The molecule has 1 aromatic rings. The minimum Gasteiger partial charge on any atom is -0.326 e. The first kappa shape index (κ1) is 21.2. The van der Waals surface area contributed by atoms with E-state index in [0.29, 0.717) is 44.7 Å². The molecular weight excluding hydrogens is 402 g/mol. The van der Waals surface area contributed by atoms with Gasteiger partial charge in [-0.3, -0.25) is 4.79 Å². The summed E-state index contributed by atoms with van der Waals surface area (Å²) >= 11 is 0. The van der Waals surface area contributed by atoms with Crippen LogP contribution in [0.15, 0.2) is 29.2 Å². The number of carbonyl (C=O) groups is 1. The van der Waals surface area contributed by atoms with Crippen molar-refractivity contribution in [3.05, 3.63) is 24.3 Å². The smallest absolute Gasteiger partial charge is 0.243 e. The Morgan fingerprint density at radius 2 is 1.54 bits per heavy atom. The highest BCUT2D eigenvalue weighted by Crippen LogP contribution is 2.24. The van der Waals surface area contributed by atoms with Gasteiger partial charge in [-0.25, -0.2) is 21.1 Å². The molecule has 1 amide bonds. The second kappa shape index (κ2) is 8.48. The van der Waals surface area contributed by atoms with E-state index in [1.807, 2.05) is 0 Å². The fraction of sp³-hybridized carbons (Fsp3) is 0.611. The number of piperidine rings is 1. The first-order valence-corrected chi connectivity index (χ1v) is 12.7. The standard InChI is InChI=1S/C18H27N3O5S2/c1-2-27(23,24)20-13-9-15(10-14-20)18(22)19-16-5-7-17(8-6-16)28(25,26)21-11-3-4-12-21/h5-8,15H,2-4,9-14H2,1H3,(H,19,22). The van der Waals surface area contributed by atoms with Crippen LogP contribution in [-0.4, -0.2) is 63.3 Å². The van der Waals surface area contributed by atoms with E-state index in [2.05, 4.69) is 5.32 Å². The van der Waals surface area contributed by atoms with Crippen LogP contribution in [0.1, 0.15) is 32.6 Å². The summed E-state index contributed by atoms with van der Waals surface area (Å²) in [5.41, 5.74) is 0.536. The molecule has 3 rings (SSSR count). The maximum absolute atomic E-state index is 12.5. The lowest BCUT2D eigenvalue weighted by Gasteiger charge is -2.30. The van der Waals surface area contributed by atoms with Gasteiger partial charge in [-0.15, -0.1) is 0 Å². The van der Waals surface area contributed by atoms with Crippen LogP contribution in [0.4, 0.5) is 5.69 Å². The zero-order chi connectivity index (χ0) is 20.4. The first-order chi connectivity index (χ1) is 13.2. The number of nitrogens with one attached hydrogen (secondary N) is 1. The van der Waals surface area contributed by atoms with E-state index in [0.717, 1.165) is 12.8 Å². The molecular formula is C18H27N3O5S2. The molecule has 0 atom stereocenters. The predicted molar refractivity (Wildman–Crippen MR) is 107 cm³/mol. The maximum Gasteiger partial charge on any atom is 0.243 e. The van der Waals surface area contributed by atoms with E-state index in [4.69, 9.17) is 0 Å². The Morgan fingerprint density at radius 3 is 2.07 bits per heavy atom. The fourth-order valence-corrected chi connectivity index (χ4v) is 6.26. The Labute approximate surface area is 167 Å². The van der Waals surface area contributed by atoms with Gasteiger partial charge in [0.15, 0.2) is 0 Å². The van der Waals surface area contributed by atoms with Crippen LogP contribution in [0.3, 0.4) is 0 Å². The SMILES string of the molecule is CCS(=O)(=O)N1CCC(C(=O)Nc2ccc(S(=O)(=O)N3CCCC3)cc2)CC1. The first-order valence-electron chi connectivity index (χ1n) is 9.63. The lowest BCUT2D eigenvalue weighted by Crippen LogP contribution is -2.42. The van der Waals surface area contributed by atoms with Gasteiger partial charge in [-0.1, -0.05) is 0 Å². The van der Waals surface area contributed by atoms with Gasteiger partial charge in [0.25, 0.3) is 0 Å². The Hall–Kier alpha value is -1.49. The van der Waals surface area contributed by atoms with Crippen molar-refractivity contribution < 1.29 is 21.6 Å². The summed E-state index contributed by atoms with van der Waals surface area (Å²) in [5, 5.41) is 2.81. The summed E-state index contributed by atoms with van der Waals surface area (Å²) < 4.78 is 51.8. The van der Waals surface area contributed by atoms with Crippen molar-refractivity contribution in [2.24, 2.45) is 5.92 Å². The number of sulfonamides is 2. The van der Waals surface area contributed by atoms with Crippen molar-refractivity contribution in [2.45, 2.75) is 37.5 Å². The lowest BCUT2D eigenvalue weighted by molar-refractivity contribution is -0.120. The number of nitrogens with zero attached hydrogens (tertiary/aromatic N) is 2. The molecule has 2 aliphatic heterocycles. The zero-order valence-electron chi connectivity index (χ0n) is 16.0. The molecule has 8 nitrogen and oxygen atoms in total. The van der Waals surface area contributed by atoms with Crippen molar-refractivity contribution >= 4 is 31.6 Å². The Bertz CT molecular complexity index is 899. The molecule has 2 aliphatic rings. The van der Waals surface area contributed by atoms with Crippen molar-refractivity contribution in [1.82, 2.24) is 8.61 Å². The molecule has 2 heterocycles. The molecule has 1 N–H and O–H groups in total. The summed E-state index contributed by atoms with van der Waals surface area (Å²) in [6.07, 6.45) is 2.72. The quantitative estimate of drug-likeness (QED) is 0.737. The molecule has 0 unspecified atom stereocenters. The molecule has 0 radical (unpaired) electrons. The zero-order valence-corrected chi connectivity index (χ0v) is 17.6. The van der Waals surface area contributed by atoms with Crippen LogP contribution < -0.4 is 5.32 Å². The van der Waals surface area contributed by atoms with Crippen molar-refractivity contribution in [3.8, 4) is 0 Å². The third-order valence-corrected chi connectivity index (χ3v) is 9.20. The van der Waals surface area contributed by atoms with Crippen molar-refractivity contribution in [1.29, 1.82) is 0 Å². The van der Waals surface area contributed by atoms with Gasteiger partial charge in [0, 0.05) is 37.8 Å². The summed E-state index contributed by atoms with van der Waals surface area (Å²) in [6.45, 7) is 3.41. The van der Waals surface area contributed by atoms with E-state index in [1.54, 1.807) is 19.1 Å². The fourth-order valence-electron chi connectivity index (χ4n) is 3.61. The van der Waals surface area contributed by atoms with Crippen LogP contribution in [0.25, 0.3) is 0 Å². The molecule has 28 heavy (non-hydrogen) atoms. The largest absolute Gasteiger partial charge is 0.326 e.